The number of allylic oxidation sites excluding steroid dienone is 2. The van der Waals surface area contributed by atoms with Crippen molar-refractivity contribution in [2.24, 2.45) is 11.8 Å². The van der Waals surface area contributed by atoms with Gasteiger partial charge in [-0.25, -0.2) is 0 Å². The zero-order valence-electron chi connectivity index (χ0n) is 19.4. The predicted octanol–water partition coefficient (Wildman–Crippen LogP) is 7.88. The number of rotatable bonds is 12. The fourth-order valence-corrected chi connectivity index (χ4v) is 4.71. The van der Waals surface area contributed by atoms with Crippen LogP contribution in [0.5, 0.6) is 0 Å². The lowest BCUT2D eigenvalue weighted by Gasteiger charge is -2.28. The first-order valence-electron chi connectivity index (χ1n) is 12.2. The molecule has 2 aromatic carbocycles. The maximum absolute atomic E-state index is 5.52. The van der Waals surface area contributed by atoms with Gasteiger partial charge < -0.3 is 4.74 Å². The predicted molar refractivity (Wildman–Crippen MR) is 133 cm³/mol. The Morgan fingerprint density at radius 1 is 0.774 bits per heavy atom. The Morgan fingerprint density at radius 2 is 1.26 bits per heavy atom. The molecule has 2 aromatic rings. The lowest BCUT2D eigenvalue weighted by Crippen LogP contribution is -2.15. The summed E-state index contributed by atoms with van der Waals surface area (Å²) in [7, 11) is 0. The van der Waals surface area contributed by atoms with Crippen LogP contribution in [0.3, 0.4) is 0 Å². The molecular formula is C30H40O. The Bertz CT molecular complexity index is 776. The van der Waals surface area contributed by atoms with Gasteiger partial charge in [-0.05, 0) is 73.1 Å². The van der Waals surface area contributed by atoms with Gasteiger partial charge in [-0.2, -0.15) is 0 Å². The van der Waals surface area contributed by atoms with E-state index < -0.39 is 0 Å². The summed E-state index contributed by atoms with van der Waals surface area (Å²) in [5.74, 6) is 1.84. The first-order valence-corrected chi connectivity index (χ1v) is 12.2. The molecule has 166 valence electrons. The summed E-state index contributed by atoms with van der Waals surface area (Å²) in [5.41, 5.74) is 5.63. The maximum Gasteiger partial charge on any atom is 0.0721 e. The molecule has 0 aromatic heterocycles. The van der Waals surface area contributed by atoms with Crippen LogP contribution in [0.25, 0.3) is 0 Å². The summed E-state index contributed by atoms with van der Waals surface area (Å²) in [6, 6.07) is 18.2. The second-order valence-electron chi connectivity index (χ2n) is 9.17. The van der Waals surface area contributed by atoms with Crippen molar-refractivity contribution >= 4 is 0 Å². The van der Waals surface area contributed by atoms with E-state index in [4.69, 9.17) is 4.74 Å². The highest BCUT2D eigenvalue weighted by Crippen LogP contribution is 2.34. The van der Waals surface area contributed by atoms with Crippen LogP contribution in [-0.4, -0.2) is 6.61 Å². The molecule has 0 radical (unpaired) electrons. The molecule has 0 atom stereocenters. The molecular weight excluding hydrogens is 376 g/mol. The molecule has 3 rings (SSSR count). The Hall–Kier alpha value is -2.12. The minimum Gasteiger partial charge on any atom is -0.373 e. The lowest BCUT2D eigenvalue weighted by molar-refractivity contribution is 0.149. The van der Waals surface area contributed by atoms with Gasteiger partial charge in [-0.3, -0.25) is 0 Å². The van der Waals surface area contributed by atoms with Gasteiger partial charge in [0, 0.05) is 0 Å². The summed E-state index contributed by atoms with van der Waals surface area (Å²) in [6.45, 7) is 7.07. The first-order chi connectivity index (χ1) is 15.3. The van der Waals surface area contributed by atoms with Gasteiger partial charge in [-0.15, -0.1) is 6.58 Å². The normalized spacial score (nSPS) is 19.0. The Labute approximate surface area is 190 Å². The molecule has 0 N–H and O–H groups in total. The average Bonchev–Trinajstić information content (AvgIpc) is 2.82. The molecule has 0 aliphatic heterocycles. The van der Waals surface area contributed by atoms with Gasteiger partial charge in [0.2, 0.25) is 0 Å². The smallest absolute Gasteiger partial charge is 0.0721 e. The summed E-state index contributed by atoms with van der Waals surface area (Å²) >= 11 is 0. The third-order valence-electron chi connectivity index (χ3n) is 6.79. The summed E-state index contributed by atoms with van der Waals surface area (Å²) < 4.78 is 5.52. The molecule has 0 amide bonds. The van der Waals surface area contributed by atoms with E-state index in [1.165, 1.54) is 73.6 Å². The van der Waals surface area contributed by atoms with Crippen LogP contribution in [-0.2, 0) is 30.6 Å². The van der Waals surface area contributed by atoms with Crippen molar-refractivity contribution in [2.45, 2.75) is 71.3 Å². The number of benzene rings is 2. The van der Waals surface area contributed by atoms with Crippen LogP contribution in [0.2, 0.25) is 0 Å². The molecule has 31 heavy (non-hydrogen) atoms. The van der Waals surface area contributed by atoms with Gasteiger partial charge in [0.15, 0.2) is 0 Å². The van der Waals surface area contributed by atoms with Crippen molar-refractivity contribution in [3.63, 3.8) is 0 Å². The molecule has 0 saturated heterocycles. The highest BCUT2D eigenvalue weighted by atomic mass is 16.5. The van der Waals surface area contributed by atoms with Crippen LogP contribution in [0.4, 0.5) is 0 Å². The number of aryl methyl sites for hydroxylation is 2. The number of hydrogen-bond donors (Lipinski definition) is 0. The maximum atomic E-state index is 5.52. The van der Waals surface area contributed by atoms with Crippen LogP contribution < -0.4 is 0 Å². The largest absolute Gasteiger partial charge is 0.373 e. The summed E-state index contributed by atoms with van der Waals surface area (Å²) in [5, 5.41) is 0. The molecule has 1 saturated carbocycles. The van der Waals surface area contributed by atoms with E-state index in [1.54, 1.807) is 6.08 Å². The zero-order chi connectivity index (χ0) is 21.7. The minimum atomic E-state index is 0.619. The van der Waals surface area contributed by atoms with E-state index in [0.717, 1.165) is 18.3 Å². The van der Waals surface area contributed by atoms with Crippen LogP contribution in [0, 0.1) is 11.8 Å². The van der Waals surface area contributed by atoms with Gasteiger partial charge >= 0.3 is 0 Å². The van der Waals surface area contributed by atoms with Crippen molar-refractivity contribution in [1.82, 2.24) is 0 Å². The standard InChI is InChI=1S/C30H40O/c1-3-5-6-25-7-9-26(10-8-25)11-12-27-13-15-28(16-14-27)17-18-29-19-21-30(22-20-29)24-31-23-4-2/h3-5,7-10,19-22,27-28H,2,6,11-18,23-24H2,1H3/b5-3+. The van der Waals surface area contributed by atoms with Crippen molar-refractivity contribution in [3.8, 4) is 0 Å². The highest BCUT2D eigenvalue weighted by Gasteiger charge is 2.20. The fourth-order valence-electron chi connectivity index (χ4n) is 4.71. The number of ether oxygens (including phenoxy) is 1. The molecule has 1 aliphatic carbocycles. The zero-order valence-corrected chi connectivity index (χ0v) is 19.4. The number of hydrogen-bond acceptors (Lipinski definition) is 1. The molecule has 0 bridgehead atoms. The van der Waals surface area contributed by atoms with Crippen molar-refractivity contribution in [1.29, 1.82) is 0 Å². The Kier molecular flexibility index (Phi) is 10.1. The summed E-state index contributed by atoms with van der Waals surface area (Å²) in [4.78, 5) is 0. The van der Waals surface area contributed by atoms with Crippen LogP contribution in [0.1, 0.15) is 67.7 Å². The molecule has 0 unspecified atom stereocenters. The van der Waals surface area contributed by atoms with Crippen LogP contribution >= 0.6 is 0 Å². The molecule has 1 nitrogen and oxygen atoms in total. The van der Waals surface area contributed by atoms with Crippen LogP contribution in [0.15, 0.2) is 73.3 Å². The third kappa shape index (κ3) is 8.50. The van der Waals surface area contributed by atoms with E-state index in [9.17, 15) is 0 Å². The monoisotopic (exact) mass is 416 g/mol. The van der Waals surface area contributed by atoms with E-state index in [-0.39, 0.29) is 0 Å². The van der Waals surface area contributed by atoms with Crippen molar-refractivity contribution in [2.75, 3.05) is 6.61 Å². The third-order valence-corrected chi connectivity index (χ3v) is 6.79. The van der Waals surface area contributed by atoms with Gasteiger partial charge in [0.1, 0.15) is 0 Å². The molecule has 1 fully saturated rings. The van der Waals surface area contributed by atoms with E-state index >= 15 is 0 Å². The fraction of sp³-hybridized carbons (Fsp3) is 0.467. The topological polar surface area (TPSA) is 9.23 Å². The quantitative estimate of drug-likeness (QED) is 0.252. The Balaban J connectivity index is 1.32. The van der Waals surface area contributed by atoms with Crippen molar-refractivity contribution in [3.05, 3.63) is 95.6 Å². The second kappa shape index (κ2) is 13.3. The van der Waals surface area contributed by atoms with Gasteiger partial charge in [0.25, 0.3) is 0 Å². The van der Waals surface area contributed by atoms with E-state index in [1.807, 2.05) is 0 Å². The van der Waals surface area contributed by atoms with Gasteiger partial charge in [-0.1, -0.05) is 92.4 Å². The average molecular weight is 417 g/mol. The second-order valence-corrected chi connectivity index (χ2v) is 9.17. The molecule has 0 heterocycles. The van der Waals surface area contributed by atoms with Crippen molar-refractivity contribution < 1.29 is 4.74 Å². The Morgan fingerprint density at radius 3 is 1.74 bits per heavy atom. The van der Waals surface area contributed by atoms with Gasteiger partial charge in [0.05, 0.1) is 13.2 Å². The SMILES string of the molecule is C=CCOCc1ccc(CCC2CCC(CCc3ccc(C/C=C/C)cc3)CC2)cc1. The lowest BCUT2D eigenvalue weighted by atomic mass is 9.77. The van der Waals surface area contributed by atoms with E-state index in [2.05, 4.69) is 74.2 Å². The highest BCUT2D eigenvalue weighted by molar-refractivity contribution is 5.24. The minimum absolute atomic E-state index is 0.619. The molecule has 0 spiro atoms. The molecule has 1 heteroatoms. The summed E-state index contributed by atoms with van der Waals surface area (Å²) in [6.07, 6.45) is 18.0. The molecule has 1 aliphatic rings. The van der Waals surface area contributed by atoms with E-state index in [0.29, 0.717) is 13.2 Å². The first kappa shape index (κ1) is 23.5.